The molecule has 1 aromatic rings. The molecule has 1 aliphatic heterocycles. The van der Waals surface area contributed by atoms with Gasteiger partial charge >= 0.3 is 0 Å². The van der Waals surface area contributed by atoms with Gasteiger partial charge in [-0.15, -0.1) is 12.4 Å². The highest BCUT2D eigenvalue weighted by molar-refractivity contribution is 7.89. The molecule has 0 aromatic carbocycles. The maximum absolute atomic E-state index is 12.4. The molecule has 20 heavy (non-hydrogen) atoms. The highest BCUT2D eigenvalue weighted by Gasteiger charge is 2.29. The topological polar surface area (TPSA) is 84.2 Å². The van der Waals surface area contributed by atoms with Gasteiger partial charge in [-0.25, -0.2) is 13.1 Å². The molecule has 0 saturated carbocycles. The minimum absolute atomic E-state index is 0. The zero-order chi connectivity index (χ0) is 14.0. The van der Waals surface area contributed by atoms with Gasteiger partial charge in [0.25, 0.3) is 0 Å². The first-order chi connectivity index (χ1) is 8.92. The molecule has 2 unspecified atom stereocenters. The molecular formula is C12H22ClN3O3S. The van der Waals surface area contributed by atoms with Crippen molar-refractivity contribution in [3.05, 3.63) is 11.5 Å². The summed E-state index contributed by atoms with van der Waals surface area (Å²) < 4.78 is 32.4. The average Bonchev–Trinajstić information content (AvgIpc) is 2.70. The smallest absolute Gasteiger partial charge is 0.246 e. The second-order valence-electron chi connectivity index (χ2n) is 5.17. The summed E-state index contributed by atoms with van der Waals surface area (Å²) in [6.07, 6.45) is 2.13. The van der Waals surface area contributed by atoms with Gasteiger partial charge in [0, 0.05) is 6.04 Å². The molecule has 6 nitrogen and oxygen atoms in total. The third-order valence-electron chi connectivity index (χ3n) is 3.62. The van der Waals surface area contributed by atoms with Crippen LogP contribution in [0.25, 0.3) is 0 Å². The van der Waals surface area contributed by atoms with Crippen molar-refractivity contribution in [3.63, 3.8) is 0 Å². The summed E-state index contributed by atoms with van der Waals surface area (Å²) in [5.74, 6) is 0.656. The highest BCUT2D eigenvalue weighted by Crippen LogP contribution is 2.21. The van der Waals surface area contributed by atoms with Gasteiger partial charge in [-0.1, -0.05) is 5.16 Å². The van der Waals surface area contributed by atoms with Gasteiger partial charge in [0.15, 0.2) is 5.76 Å². The molecule has 0 bridgehead atoms. The highest BCUT2D eigenvalue weighted by atomic mass is 35.5. The van der Waals surface area contributed by atoms with Crippen molar-refractivity contribution >= 4 is 22.4 Å². The molecule has 8 heteroatoms. The van der Waals surface area contributed by atoms with Crippen LogP contribution >= 0.6 is 12.4 Å². The average molecular weight is 324 g/mol. The number of rotatable bonds is 4. The zero-order valence-electron chi connectivity index (χ0n) is 12.0. The standard InChI is InChI=1S/C12H21N3O3S.ClH/c1-8(11-5-4-6-13-7-11)15-19(16,17)12-9(2)14-18-10(12)3;/h8,11,13,15H,4-7H2,1-3H3;1H. The number of nitrogens with one attached hydrogen (secondary N) is 2. The number of aryl methyl sites for hydroxylation is 2. The van der Waals surface area contributed by atoms with Crippen molar-refractivity contribution in [1.82, 2.24) is 15.2 Å². The first-order valence-corrected chi connectivity index (χ1v) is 8.06. The summed E-state index contributed by atoms with van der Waals surface area (Å²) in [5, 5.41) is 6.99. The van der Waals surface area contributed by atoms with E-state index in [9.17, 15) is 8.42 Å². The third-order valence-corrected chi connectivity index (χ3v) is 5.42. The van der Waals surface area contributed by atoms with Gasteiger partial charge < -0.3 is 9.84 Å². The fourth-order valence-corrected chi connectivity index (χ4v) is 4.21. The van der Waals surface area contributed by atoms with E-state index in [0.717, 1.165) is 25.9 Å². The van der Waals surface area contributed by atoms with Crippen molar-refractivity contribution in [2.45, 2.75) is 44.6 Å². The monoisotopic (exact) mass is 323 g/mol. The van der Waals surface area contributed by atoms with Crippen LogP contribution in [-0.2, 0) is 10.0 Å². The van der Waals surface area contributed by atoms with Crippen LogP contribution in [0.4, 0.5) is 0 Å². The molecule has 0 amide bonds. The lowest BCUT2D eigenvalue weighted by Crippen LogP contribution is -2.44. The Morgan fingerprint density at radius 2 is 2.15 bits per heavy atom. The Morgan fingerprint density at radius 3 is 2.65 bits per heavy atom. The lowest BCUT2D eigenvalue weighted by Gasteiger charge is -2.28. The van der Waals surface area contributed by atoms with E-state index < -0.39 is 10.0 Å². The van der Waals surface area contributed by atoms with E-state index in [2.05, 4.69) is 15.2 Å². The zero-order valence-corrected chi connectivity index (χ0v) is 13.6. The molecule has 2 rings (SSSR count). The summed E-state index contributed by atoms with van der Waals surface area (Å²) in [6, 6.07) is -0.105. The van der Waals surface area contributed by atoms with Gasteiger partial charge in [-0.2, -0.15) is 0 Å². The predicted molar refractivity (Wildman–Crippen MR) is 78.6 cm³/mol. The first kappa shape index (κ1) is 17.4. The molecule has 2 heterocycles. The molecular weight excluding hydrogens is 302 g/mol. The van der Waals surface area contributed by atoms with Gasteiger partial charge in [0.1, 0.15) is 10.6 Å². The summed E-state index contributed by atoms with van der Waals surface area (Å²) in [4.78, 5) is 0.170. The summed E-state index contributed by atoms with van der Waals surface area (Å²) in [7, 11) is -3.56. The van der Waals surface area contributed by atoms with Crippen LogP contribution in [-0.4, -0.2) is 32.7 Å². The molecule has 1 fully saturated rings. The summed E-state index contributed by atoms with van der Waals surface area (Å²) in [5.41, 5.74) is 0.402. The minimum Gasteiger partial charge on any atom is -0.360 e. The number of piperidine rings is 1. The van der Waals surface area contributed by atoms with Crippen LogP contribution in [0.1, 0.15) is 31.2 Å². The van der Waals surface area contributed by atoms with Gasteiger partial charge in [0.05, 0.1) is 0 Å². The van der Waals surface area contributed by atoms with E-state index in [1.54, 1.807) is 13.8 Å². The molecule has 116 valence electrons. The van der Waals surface area contributed by atoms with Crippen molar-refractivity contribution in [2.24, 2.45) is 5.92 Å². The Bertz CT molecular complexity index is 519. The quantitative estimate of drug-likeness (QED) is 0.874. The second-order valence-corrected chi connectivity index (χ2v) is 6.82. The Balaban J connectivity index is 0.00000200. The largest absolute Gasteiger partial charge is 0.360 e. The molecule has 0 radical (unpaired) electrons. The number of aromatic nitrogens is 1. The van der Waals surface area contributed by atoms with Gasteiger partial charge in [0.2, 0.25) is 10.0 Å². The summed E-state index contributed by atoms with van der Waals surface area (Å²) in [6.45, 7) is 7.03. The molecule has 2 atom stereocenters. The second kappa shape index (κ2) is 6.89. The van der Waals surface area contributed by atoms with E-state index in [1.165, 1.54) is 0 Å². The Morgan fingerprint density at radius 1 is 1.45 bits per heavy atom. The molecule has 1 saturated heterocycles. The van der Waals surface area contributed by atoms with Crippen molar-refractivity contribution < 1.29 is 12.9 Å². The van der Waals surface area contributed by atoms with Crippen molar-refractivity contribution in [3.8, 4) is 0 Å². The van der Waals surface area contributed by atoms with Gasteiger partial charge in [-0.05, 0) is 52.6 Å². The van der Waals surface area contributed by atoms with Crippen molar-refractivity contribution in [1.29, 1.82) is 0 Å². The SMILES string of the molecule is Cc1noc(C)c1S(=O)(=O)NC(C)C1CCCNC1.Cl. The van der Waals surface area contributed by atoms with Crippen LogP contribution in [0.3, 0.4) is 0 Å². The van der Waals surface area contributed by atoms with Gasteiger partial charge in [-0.3, -0.25) is 0 Å². The van der Waals surface area contributed by atoms with Crippen LogP contribution in [0.2, 0.25) is 0 Å². The Hall–Kier alpha value is -0.630. The van der Waals surface area contributed by atoms with Crippen LogP contribution in [0.5, 0.6) is 0 Å². The predicted octanol–water partition coefficient (Wildman–Crippen LogP) is 1.38. The van der Waals surface area contributed by atoms with Crippen LogP contribution in [0.15, 0.2) is 9.42 Å². The van der Waals surface area contributed by atoms with E-state index >= 15 is 0 Å². The Kier molecular flexibility index (Phi) is 6.00. The minimum atomic E-state index is -3.56. The van der Waals surface area contributed by atoms with Crippen LogP contribution in [0, 0.1) is 19.8 Å². The maximum atomic E-state index is 12.4. The number of hydrogen-bond donors (Lipinski definition) is 2. The number of hydrogen-bond acceptors (Lipinski definition) is 5. The van der Waals surface area contributed by atoms with E-state index in [-0.39, 0.29) is 23.3 Å². The van der Waals surface area contributed by atoms with Crippen molar-refractivity contribution in [2.75, 3.05) is 13.1 Å². The lowest BCUT2D eigenvalue weighted by atomic mass is 9.94. The van der Waals surface area contributed by atoms with E-state index in [0.29, 0.717) is 17.4 Å². The maximum Gasteiger partial charge on any atom is 0.246 e. The molecule has 2 N–H and O–H groups in total. The number of halogens is 1. The molecule has 0 spiro atoms. The number of nitrogens with zero attached hydrogens (tertiary/aromatic N) is 1. The molecule has 1 aliphatic rings. The lowest BCUT2D eigenvalue weighted by molar-refractivity contribution is 0.320. The van der Waals surface area contributed by atoms with E-state index in [4.69, 9.17) is 4.52 Å². The normalized spacial score (nSPS) is 21.2. The summed E-state index contributed by atoms with van der Waals surface area (Å²) >= 11 is 0. The fraction of sp³-hybridized carbons (Fsp3) is 0.750. The molecule has 0 aliphatic carbocycles. The number of sulfonamides is 1. The third kappa shape index (κ3) is 3.72. The first-order valence-electron chi connectivity index (χ1n) is 6.57. The van der Waals surface area contributed by atoms with E-state index in [1.807, 2.05) is 6.92 Å². The van der Waals surface area contributed by atoms with Crippen LogP contribution < -0.4 is 10.0 Å². The fourth-order valence-electron chi connectivity index (χ4n) is 2.56. The molecule has 1 aromatic heterocycles. The Labute approximate surface area is 126 Å².